The van der Waals surface area contributed by atoms with Crippen molar-refractivity contribution >= 4 is 11.7 Å². The monoisotopic (exact) mass is 273 g/mol. The molecule has 0 aliphatic rings. The van der Waals surface area contributed by atoms with Gasteiger partial charge in [0.2, 0.25) is 5.82 Å². The van der Waals surface area contributed by atoms with Gasteiger partial charge in [-0.2, -0.15) is 4.39 Å². The first kappa shape index (κ1) is 15.0. The highest BCUT2D eigenvalue weighted by molar-refractivity contribution is 5.90. The van der Waals surface area contributed by atoms with E-state index in [9.17, 15) is 23.7 Å². The molecule has 1 rings (SSSR count). The molecule has 7 heteroatoms. The van der Waals surface area contributed by atoms with Crippen molar-refractivity contribution in [3.05, 3.63) is 39.4 Å². The minimum absolute atomic E-state index is 0.00191. The van der Waals surface area contributed by atoms with E-state index in [4.69, 9.17) is 4.74 Å². The summed E-state index contributed by atoms with van der Waals surface area (Å²) in [6.45, 7) is 3.78. The number of benzene rings is 1. The number of rotatable bonds is 5. The van der Waals surface area contributed by atoms with Gasteiger partial charge in [0.25, 0.3) is 0 Å². The second kappa shape index (κ2) is 6.21. The van der Waals surface area contributed by atoms with E-state index in [1.807, 2.05) is 13.8 Å². The summed E-state index contributed by atoms with van der Waals surface area (Å²) in [6.07, 6.45) is 0.532. The predicted molar refractivity (Wildman–Crippen MR) is 62.7 cm³/mol. The molecule has 0 aromatic heterocycles. The zero-order chi connectivity index (χ0) is 14.6. The van der Waals surface area contributed by atoms with Gasteiger partial charge >= 0.3 is 11.7 Å². The van der Waals surface area contributed by atoms with Gasteiger partial charge in [-0.3, -0.25) is 10.1 Å². The molecular weight excluding hydrogens is 260 g/mol. The van der Waals surface area contributed by atoms with Crippen LogP contribution >= 0.6 is 0 Å². The number of halogens is 2. The Bertz CT molecular complexity index is 503. The molecule has 19 heavy (non-hydrogen) atoms. The van der Waals surface area contributed by atoms with Crippen LogP contribution in [0.2, 0.25) is 0 Å². The van der Waals surface area contributed by atoms with Crippen LogP contribution in [-0.2, 0) is 4.74 Å². The first-order chi connectivity index (χ1) is 8.84. The van der Waals surface area contributed by atoms with Crippen molar-refractivity contribution < 1.29 is 23.2 Å². The number of hydrogen-bond acceptors (Lipinski definition) is 4. The van der Waals surface area contributed by atoms with Crippen molar-refractivity contribution in [2.45, 2.75) is 20.3 Å². The number of hydrogen-bond donors (Lipinski definition) is 0. The summed E-state index contributed by atoms with van der Waals surface area (Å²) in [5.41, 5.74) is -1.99. The van der Waals surface area contributed by atoms with E-state index in [0.717, 1.165) is 0 Å². The molecule has 0 unspecified atom stereocenters. The van der Waals surface area contributed by atoms with Crippen LogP contribution in [0.1, 0.15) is 30.6 Å². The summed E-state index contributed by atoms with van der Waals surface area (Å²) < 4.78 is 31.7. The predicted octanol–water partition coefficient (Wildman–Crippen LogP) is 3.08. The highest BCUT2D eigenvalue weighted by Gasteiger charge is 2.27. The van der Waals surface area contributed by atoms with Crippen LogP contribution in [-0.4, -0.2) is 17.5 Å². The molecule has 0 aliphatic carbocycles. The van der Waals surface area contributed by atoms with Gasteiger partial charge in [0.05, 0.1) is 11.5 Å². The fourth-order valence-corrected chi connectivity index (χ4v) is 1.33. The largest absolute Gasteiger partial charge is 0.462 e. The van der Waals surface area contributed by atoms with Gasteiger partial charge in [-0.25, -0.2) is 9.18 Å². The smallest absolute Gasteiger partial charge is 0.344 e. The molecule has 0 spiro atoms. The van der Waals surface area contributed by atoms with E-state index in [2.05, 4.69) is 0 Å². The lowest BCUT2D eigenvalue weighted by molar-refractivity contribution is -0.387. The van der Waals surface area contributed by atoms with Crippen molar-refractivity contribution in [2.24, 2.45) is 5.92 Å². The first-order valence-electron chi connectivity index (χ1n) is 5.64. The van der Waals surface area contributed by atoms with E-state index in [-0.39, 0.29) is 12.5 Å². The summed E-state index contributed by atoms with van der Waals surface area (Å²) in [7, 11) is 0. The van der Waals surface area contributed by atoms with Gasteiger partial charge in [0.15, 0.2) is 0 Å². The number of esters is 1. The van der Waals surface area contributed by atoms with E-state index in [0.29, 0.717) is 18.6 Å². The summed E-state index contributed by atoms with van der Waals surface area (Å²) in [6, 6.07) is 1.33. The van der Waals surface area contributed by atoms with Crippen molar-refractivity contribution in [3.63, 3.8) is 0 Å². The number of nitrogens with zero attached hydrogens (tertiary/aromatic N) is 1. The normalized spacial score (nSPS) is 10.6. The Morgan fingerprint density at radius 2 is 2.05 bits per heavy atom. The highest BCUT2D eigenvalue weighted by atomic mass is 19.1. The maximum Gasteiger partial charge on any atom is 0.344 e. The molecule has 0 saturated carbocycles. The first-order valence-corrected chi connectivity index (χ1v) is 5.64. The van der Waals surface area contributed by atoms with Crippen molar-refractivity contribution in [1.82, 2.24) is 0 Å². The van der Waals surface area contributed by atoms with Crippen LogP contribution in [0.5, 0.6) is 0 Å². The molecule has 0 bridgehead atoms. The van der Waals surface area contributed by atoms with Gasteiger partial charge in [-0.1, -0.05) is 13.8 Å². The highest BCUT2D eigenvalue weighted by Crippen LogP contribution is 2.23. The molecule has 104 valence electrons. The van der Waals surface area contributed by atoms with Crippen LogP contribution in [0.4, 0.5) is 14.5 Å². The zero-order valence-corrected chi connectivity index (χ0v) is 10.5. The Morgan fingerprint density at radius 1 is 1.42 bits per heavy atom. The summed E-state index contributed by atoms with van der Waals surface area (Å²) >= 11 is 0. The molecule has 0 N–H and O–H groups in total. The summed E-state index contributed by atoms with van der Waals surface area (Å²) in [5, 5.41) is 10.5. The molecule has 0 atom stereocenters. The maximum atomic E-state index is 13.6. The Balaban J connectivity index is 2.96. The van der Waals surface area contributed by atoms with Gasteiger partial charge in [-0.05, 0) is 18.4 Å². The number of carbonyl (C=O) groups is 1. The summed E-state index contributed by atoms with van der Waals surface area (Å²) in [5.74, 6) is -3.68. The lowest BCUT2D eigenvalue weighted by Crippen LogP contribution is -2.13. The van der Waals surface area contributed by atoms with Gasteiger partial charge in [-0.15, -0.1) is 0 Å². The minimum Gasteiger partial charge on any atom is -0.462 e. The van der Waals surface area contributed by atoms with E-state index in [1.54, 1.807) is 0 Å². The number of nitro groups is 1. The topological polar surface area (TPSA) is 69.4 Å². The maximum absolute atomic E-state index is 13.6. The quantitative estimate of drug-likeness (QED) is 0.469. The lowest BCUT2D eigenvalue weighted by Gasteiger charge is -2.08. The molecule has 1 aromatic rings. The second-order valence-electron chi connectivity index (χ2n) is 4.33. The summed E-state index contributed by atoms with van der Waals surface area (Å²) in [4.78, 5) is 21.0. The van der Waals surface area contributed by atoms with Crippen LogP contribution < -0.4 is 0 Å². The Kier molecular flexibility index (Phi) is 4.91. The van der Waals surface area contributed by atoms with Crippen LogP contribution in [0.15, 0.2) is 12.1 Å². The van der Waals surface area contributed by atoms with Gasteiger partial charge in [0.1, 0.15) is 11.4 Å². The second-order valence-corrected chi connectivity index (χ2v) is 4.33. The molecule has 0 aliphatic heterocycles. The molecule has 0 fully saturated rings. The lowest BCUT2D eigenvalue weighted by atomic mass is 10.1. The van der Waals surface area contributed by atoms with Crippen molar-refractivity contribution in [3.8, 4) is 0 Å². The average molecular weight is 273 g/mol. The Hall–Kier alpha value is -2.05. The molecule has 0 saturated heterocycles. The van der Waals surface area contributed by atoms with E-state index < -0.39 is 33.8 Å². The van der Waals surface area contributed by atoms with Crippen molar-refractivity contribution in [2.75, 3.05) is 6.61 Å². The number of nitro benzene ring substituents is 1. The standard InChI is InChI=1S/C12H13F2NO4/c1-7(2)5-6-19-12(16)10-8(13)3-4-9(11(10)14)15(17)18/h3-4,7H,5-6H2,1-2H3. The van der Waals surface area contributed by atoms with Crippen molar-refractivity contribution in [1.29, 1.82) is 0 Å². The molecule has 1 aromatic carbocycles. The molecule has 0 heterocycles. The van der Waals surface area contributed by atoms with Crippen LogP contribution in [0.3, 0.4) is 0 Å². The number of carbonyl (C=O) groups excluding carboxylic acids is 1. The van der Waals surface area contributed by atoms with Crippen LogP contribution in [0, 0.1) is 27.7 Å². The van der Waals surface area contributed by atoms with Crippen LogP contribution in [0.25, 0.3) is 0 Å². The van der Waals surface area contributed by atoms with Gasteiger partial charge in [0, 0.05) is 6.07 Å². The fourth-order valence-electron chi connectivity index (χ4n) is 1.33. The average Bonchev–Trinajstić information content (AvgIpc) is 2.27. The molecule has 0 amide bonds. The number of ether oxygens (including phenoxy) is 1. The van der Waals surface area contributed by atoms with Gasteiger partial charge < -0.3 is 4.74 Å². The minimum atomic E-state index is -1.51. The van der Waals surface area contributed by atoms with E-state index in [1.165, 1.54) is 0 Å². The molecular formula is C12H13F2NO4. The third-order valence-corrected chi connectivity index (χ3v) is 2.40. The van der Waals surface area contributed by atoms with E-state index >= 15 is 0 Å². The fraction of sp³-hybridized carbons (Fsp3) is 0.417. The SMILES string of the molecule is CC(C)CCOC(=O)c1c(F)ccc([N+](=O)[O-])c1F. The Labute approximate surface area is 108 Å². The third kappa shape index (κ3) is 3.70. The zero-order valence-electron chi connectivity index (χ0n) is 10.5. The third-order valence-electron chi connectivity index (χ3n) is 2.40. The molecule has 0 radical (unpaired) electrons. The molecule has 5 nitrogen and oxygen atoms in total. The Morgan fingerprint density at radius 3 is 2.58 bits per heavy atom.